The minimum Gasteiger partial charge on any atom is -0.451 e. The summed E-state index contributed by atoms with van der Waals surface area (Å²) in [5.41, 5.74) is 1.38. The van der Waals surface area contributed by atoms with E-state index in [9.17, 15) is 4.79 Å². The third kappa shape index (κ3) is 3.19. The number of amides is 1. The van der Waals surface area contributed by atoms with Crippen LogP contribution in [0.1, 0.15) is 23.4 Å². The second-order valence-electron chi connectivity index (χ2n) is 6.11. The van der Waals surface area contributed by atoms with Gasteiger partial charge < -0.3 is 14.5 Å². The normalized spacial score (nSPS) is 15.7. The summed E-state index contributed by atoms with van der Waals surface area (Å²) in [5.74, 6) is 0.614. The highest BCUT2D eigenvalue weighted by Crippen LogP contribution is 2.20. The third-order valence-electron chi connectivity index (χ3n) is 4.33. The van der Waals surface area contributed by atoms with Crippen molar-refractivity contribution in [2.24, 2.45) is 5.92 Å². The lowest BCUT2D eigenvalue weighted by atomic mass is 10.0. The number of hydrogen-bond donors (Lipinski definition) is 1. The third-order valence-corrected chi connectivity index (χ3v) is 4.33. The Morgan fingerprint density at radius 1 is 1.29 bits per heavy atom. The van der Waals surface area contributed by atoms with Crippen molar-refractivity contribution in [2.75, 3.05) is 18.5 Å². The van der Waals surface area contributed by atoms with Crippen LogP contribution in [0.25, 0.3) is 11.0 Å². The molecule has 1 fully saturated rings. The van der Waals surface area contributed by atoms with E-state index in [0.717, 1.165) is 38.0 Å². The number of anilines is 1. The molecule has 0 spiro atoms. The van der Waals surface area contributed by atoms with Gasteiger partial charge in [-0.3, -0.25) is 9.48 Å². The molecule has 4 rings (SSSR count). The topological polar surface area (TPSA) is 69.3 Å². The average Bonchev–Trinajstić information content (AvgIpc) is 3.22. The lowest BCUT2D eigenvalue weighted by Crippen LogP contribution is -2.20. The van der Waals surface area contributed by atoms with Crippen LogP contribution in [-0.2, 0) is 11.3 Å². The van der Waals surface area contributed by atoms with E-state index in [1.165, 1.54) is 0 Å². The van der Waals surface area contributed by atoms with Crippen molar-refractivity contribution in [3.63, 3.8) is 0 Å². The number of benzene rings is 1. The average molecular weight is 325 g/mol. The first-order valence-corrected chi connectivity index (χ1v) is 8.18. The summed E-state index contributed by atoms with van der Waals surface area (Å²) < 4.78 is 12.8. The smallest absolute Gasteiger partial charge is 0.291 e. The van der Waals surface area contributed by atoms with E-state index < -0.39 is 0 Å². The Bertz CT molecular complexity index is 813. The second kappa shape index (κ2) is 6.49. The fraction of sp³-hybridized carbons (Fsp3) is 0.333. The molecule has 1 aliphatic rings. The van der Waals surface area contributed by atoms with Gasteiger partial charge in [-0.05, 0) is 30.9 Å². The Kier molecular flexibility index (Phi) is 4.04. The maximum atomic E-state index is 12.3. The maximum Gasteiger partial charge on any atom is 0.291 e. The van der Waals surface area contributed by atoms with Crippen molar-refractivity contribution < 1.29 is 13.9 Å². The summed E-state index contributed by atoms with van der Waals surface area (Å²) in [6.07, 6.45) is 5.64. The van der Waals surface area contributed by atoms with Gasteiger partial charge in [-0.2, -0.15) is 5.10 Å². The molecule has 6 nitrogen and oxygen atoms in total. The Morgan fingerprint density at radius 2 is 2.12 bits per heavy atom. The van der Waals surface area contributed by atoms with E-state index in [0.29, 0.717) is 22.9 Å². The highest BCUT2D eigenvalue weighted by molar-refractivity contribution is 6.04. The maximum absolute atomic E-state index is 12.3. The molecule has 0 bridgehead atoms. The van der Waals surface area contributed by atoms with E-state index in [2.05, 4.69) is 10.4 Å². The molecule has 0 saturated carbocycles. The Labute approximate surface area is 139 Å². The first-order valence-electron chi connectivity index (χ1n) is 8.18. The monoisotopic (exact) mass is 325 g/mol. The quantitative estimate of drug-likeness (QED) is 0.799. The lowest BCUT2D eigenvalue weighted by Gasteiger charge is -2.21. The van der Waals surface area contributed by atoms with Crippen LogP contribution in [0.3, 0.4) is 0 Å². The molecular weight excluding hydrogens is 306 g/mol. The van der Waals surface area contributed by atoms with Crippen LogP contribution < -0.4 is 5.32 Å². The molecule has 1 saturated heterocycles. The van der Waals surface area contributed by atoms with Crippen LogP contribution in [0.2, 0.25) is 0 Å². The Morgan fingerprint density at radius 3 is 2.96 bits per heavy atom. The first kappa shape index (κ1) is 15.0. The molecule has 0 radical (unpaired) electrons. The molecule has 0 unspecified atom stereocenters. The second-order valence-corrected chi connectivity index (χ2v) is 6.11. The highest BCUT2D eigenvalue weighted by atomic mass is 16.5. The number of furan rings is 1. The molecule has 24 heavy (non-hydrogen) atoms. The number of aromatic nitrogens is 2. The zero-order chi connectivity index (χ0) is 16.4. The summed E-state index contributed by atoms with van der Waals surface area (Å²) in [4.78, 5) is 12.3. The van der Waals surface area contributed by atoms with E-state index >= 15 is 0 Å². The van der Waals surface area contributed by atoms with Crippen molar-refractivity contribution >= 4 is 22.6 Å². The zero-order valence-corrected chi connectivity index (χ0v) is 13.3. The molecule has 0 aliphatic carbocycles. The molecule has 1 aromatic carbocycles. The highest BCUT2D eigenvalue weighted by Gasteiger charge is 2.16. The predicted molar refractivity (Wildman–Crippen MR) is 89.9 cm³/mol. The molecule has 1 N–H and O–H groups in total. The number of nitrogens with zero attached hydrogens (tertiary/aromatic N) is 2. The minimum atomic E-state index is -0.267. The van der Waals surface area contributed by atoms with Crippen molar-refractivity contribution in [3.8, 4) is 0 Å². The van der Waals surface area contributed by atoms with E-state index in [1.807, 2.05) is 35.1 Å². The van der Waals surface area contributed by atoms with Gasteiger partial charge in [0.2, 0.25) is 0 Å². The number of carbonyl (C=O) groups excluding carboxylic acids is 1. The summed E-state index contributed by atoms with van der Waals surface area (Å²) in [6.45, 7) is 2.49. The number of para-hydroxylation sites is 1. The van der Waals surface area contributed by atoms with Gasteiger partial charge in [-0.15, -0.1) is 0 Å². The molecule has 0 atom stereocenters. The lowest BCUT2D eigenvalue weighted by molar-refractivity contribution is 0.0601. The van der Waals surface area contributed by atoms with E-state index in [1.54, 1.807) is 12.3 Å². The summed E-state index contributed by atoms with van der Waals surface area (Å²) >= 11 is 0. The van der Waals surface area contributed by atoms with E-state index in [4.69, 9.17) is 9.15 Å². The minimum absolute atomic E-state index is 0.267. The summed E-state index contributed by atoms with van der Waals surface area (Å²) in [7, 11) is 0. The van der Waals surface area contributed by atoms with Crippen molar-refractivity contribution in [3.05, 3.63) is 48.5 Å². The molecule has 6 heteroatoms. The molecule has 2 aromatic heterocycles. The van der Waals surface area contributed by atoms with Crippen LogP contribution in [0.15, 0.2) is 47.1 Å². The molecule has 124 valence electrons. The van der Waals surface area contributed by atoms with Crippen LogP contribution in [0.5, 0.6) is 0 Å². The van der Waals surface area contributed by atoms with Crippen LogP contribution >= 0.6 is 0 Å². The molecule has 3 heterocycles. The molecule has 3 aromatic rings. The number of hydrogen-bond acceptors (Lipinski definition) is 4. The standard InChI is InChI=1S/C18H19N3O3/c22-18(17-9-14-3-1-2-4-16(14)24-17)20-15-10-19-21(12-15)11-13-5-7-23-8-6-13/h1-4,9-10,12-13H,5-8,11H2,(H,20,22). The number of ether oxygens (including phenoxy) is 1. The molecular formula is C18H19N3O3. The van der Waals surface area contributed by atoms with Crippen molar-refractivity contribution in [1.82, 2.24) is 9.78 Å². The van der Waals surface area contributed by atoms with Gasteiger partial charge in [0.1, 0.15) is 5.58 Å². The molecule has 1 amide bonds. The summed E-state index contributed by atoms with van der Waals surface area (Å²) in [5, 5.41) is 8.08. The first-order chi connectivity index (χ1) is 11.8. The van der Waals surface area contributed by atoms with Gasteiger partial charge in [0.15, 0.2) is 5.76 Å². The molecule has 1 aliphatic heterocycles. The Hall–Kier alpha value is -2.60. The van der Waals surface area contributed by atoms with Gasteiger partial charge in [0, 0.05) is 31.3 Å². The SMILES string of the molecule is O=C(Nc1cnn(CC2CCOCC2)c1)c1cc2ccccc2o1. The van der Waals surface area contributed by atoms with Gasteiger partial charge >= 0.3 is 0 Å². The summed E-state index contributed by atoms with van der Waals surface area (Å²) in [6, 6.07) is 9.31. The fourth-order valence-electron chi connectivity index (χ4n) is 3.01. The largest absolute Gasteiger partial charge is 0.451 e. The zero-order valence-electron chi connectivity index (χ0n) is 13.3. The number of rotatable bonds is 4. The number of carbonyl (C=O) groups is 1. The van der Waals surface area contributed by atoms with E-state index in [-0.39, 0.29) is 5.91 Å². The van der Waals surface area contributed by atoms with Crippen LogP contribution in [0.4, 0.5) is 5.69 Å². The predicted octanol–water partition coefficient (Wildman–Crippen LogP) is 3.31. The van der Waals surface area contributed by atoms with Crippen molar-refractivity contribution in [1.29, 1.82) is 0 Å². The van der Waals surface area contributed by atoms with Gasteiger partial charge in [-0.1, -0.05) is 18.2 Å². The van der Waals surface area contributed by atoms with Gasteiger partial charge in [0.25, 0.3) is 5.91 Å². The van der Waals surface area contributed by atoms with Crippen molar-refractivity contribution in [2.45, 2.75) is 19.4 Å². The Balaban J connectivity index is 1.42. The number of nitrogens with one attached hydrogen (secondary N) is 1. The fourth-order valence-corrected chi connectivity index (χ4v) is 3.01. The number of fused-ring (bicyclic) bond motifs is 1. The van der Waals surface area contributed by atoms with Crippen LogP contribution in [0, 0.1) is 5.92 Å². The van der Waals surface area contributed by atoms with Gasteiger partial charge in [0.05, 0.1) is 11.9 Å². The van der Waals surface area contributed by atoms with Gasteiger partial charge in [-0.25, -0.2) is 0 Å². The van der Waals surface area contributed by atoms with Crippen LogP contribution in [-0.4, -0.2) is 28.9 Å².